The molecular formula is C19H19N3O3S2. The van der Waals surface area contributed by atoms with E-state index >= 15 is 0 Å². The zero-order chi connectivity index (χ0) is 19.4. The van der Waals surface area contributed by atoms with Crippen molar-refractivity contribution in [3.63, 3.8) is 0 Å². The summed E-state index contributed by atoms with van der Waals surface area (Å²) in [4.78, 5) is 16.5. The molecule has 3 aromatic rings. The fourth-order valence-corrected chi connectivity index (χ4v) is 4.24. The third-order valence-electron chi connectivity index (χ3n) is 3.86. The van der Waals surface area contributed by atoms with E-state index in [-0.39, 0.29) is 21.6 Å². The van der Waals surface area contributed by atoms with Crippen LogP contribution in [0.2, 0.25) is 0 Å². The predicted octanol–water partition coefficient (Wildman–Crippen LogP) is 3.49. The maximum absolute atomic E-state index is 12.4. The first-order valence-electron chi connectivity index (χ1n) is 8.22. The first-order valence-corrected chi connectivity index (χ1v) is 10.6. The molecule has 0 saturated heterocycles. The molecule has 140 valence electrons. The second-order valence-corrected chi connectivity index (χ2v) is 8.67. The molecule has 27 heavy (non-hydrogen) atoms. The van der Waals surface area contributed by atoms with E-state index in [4.69, 9.17) is 0 Å². The zero-order valence-corrected chi connectivity index (χ0v) is 16.5. The summed E-state index contributed by atoms with van der Waals surface area (Å²) in [5.41, 5.74) is 3.27. The molecule has 1 amide bonds. The molecule has 8 heteroatoms. The SMILES string of the molecule is Cc1ccc(CNC(=O)c2csc(NS(=O)(=O)c3ccc(C)cc3)n2)cc1. The van der Waals surface area contributed by atoms with Gasteiger partial charge in [0.05, 0.1) is 4.90 Å². The van der Waals surface area contributed by atoms with Crippen molar-refractivity contribution in [2.75, 3.05) is 4.72 Å². The number of thiazole rings is 1. The second kappa shape index (κ2) is 7.89. The van der Waals surface area contributed by atoms with Gasteiger partial charge in [0.1, 0.15) is 5.69 Å². The number of hydrogen-bond donors (Lipinski definition) is 2. The van der Waals surface area contributed by atoms with Crippen molar-refractivity contribution in [2.24, 2.45) is 0 Å². The first-order chi connectivity index (χ1) is 12.8. The van der Waals surface area contributed by atoms with Crippen molar-refractivity contribution in [3.05, 3.63) is 76.3 Å². The summed E-state index contributed by atoms with van der Waals surface area (Å²) in [6, 6.07) is 14.3. The Morgan fingerprint density at radius 1 is 1.00 bits per heavy atom. The topological polar surface area (TPSA) is 88.2 Å². The van der Waals surface area contributed by atoms with Gasteiger partial charge in [0.15, 0.2) is 5.13 Å². The third-order valence-corrected chi connectivity index (χ3v) is 6.11. The summed E-state index contributed by atoms with van der Waals surface area (Å²) in [7, 11) is -3.74. The van der Waals surface area contributed by atoms with E-state index in [1.807, 2.05) is 38.1 Å². The fraction of sp³-hybridized carbons (Fsp3) is 0.158. The first kappa shape index (κ1) is 19.1. The van der Waals surface area contributed by atoms with Crippen molar-refractivity contribution in [2.45, 2.75) is 25.3 Å². The van der Waals surface area contributed by atoms with Gasteiger partial charge in [-0.05, 0) is 31.5 Å². The Labute approximate surface area is 162 Å². The average Bonchev–Trinajstić information content (AvgIpc) is 3.09. The van der Waals surface area contributed by atoms with Crippen LogP contribution in [0.3, 0.4) is 0 Å². The predicted molar refractivity (Wildman–Crippen MR) is 106 cm³/mol. The van der Waals surface area contributed by atoms with E-state index in [2.05, 4.69) is 15.0 Å². The van der Waals surface area contributed by atoms with E-state index in [1.165, 1.54) is 17.5 Å². The number of nitrogens with zero attached hydrogens (tertiary/aromatic N) is 1. The van der Waals surface area contributed by atoms with Gasteiger partial charge in [0, 0.05) is 11.9 Å². The van der Waals surface area contributed by atoms with Crippen molar-refractivity contribution in [1.82, 2.24) is 10.3 Å². The number of carbonyl (C=O) groups is 1. The minimum atomic E-state index is -3.74. The lowest BCUT2D eigenvalue weighted by Gasteiger charge is -2.05. The summed E-state index contributed by atoms with van der Waals surface area (Å²) in [6.07, 6.45) is 0. The van der Waals surface area contributed by atoms with E-state index in [1.54, 1.807) is 12.1 Å². The van der Waals surface area contributed by atoms with Crippen molar-refractivity contribution in [3.8, 4) is 0 Å². The van der Waals surface area contributed by atoms with Gasteiger partial charge in [-0.15, -0.1) is 11.3 Å². The van der Waals surface area contributed by atoms with Crippen LogP contribution in [-0.4, -0.2) is 19.3 Å². The minimum Gasteiger partial charge on any atom is -0.347 e. The highest BCUT2D eigenvalue weighted by molar-refractivity contribution is 7.93. The zero-order valence-electron chi connectivity index (χ0n) is 14.9. The summed E-state index contributed by atoms with van der Waals surface area (Å²) in [5.74, 6) is -0.354. The Morgan fingerprint density at radius 3 is 2.22 bits per heavy atom. The molecule has 0 spiro atoms. The molecule has 1 heterocycles. The molecule has 0 radical (unpaired) electrons. The van der Waals surface area contributed by atoms with Gasteiger partial charge in [-0.25, -0.2) is 13.4 Å². The lowest BCUT2D eigenvalue weighted by Crippen LogP contribution is -2.23. The number of sulfonamides is 1. The number of aryl methyl sites for hydroxylation is 2. The van der Waals surface area contributed by atoms with Crippen LogP contribution in [0.25, 0.3) is 0 Å². The molecule has 0 fully saturated rings. The molecule has 0 unspecified atom stereocenters. The quantitative estimate of drug-likeness (QED) is 0.662. The largest absolute Gasteiger partial charge is 0.347 e. The maximum atomic E-state index is 12.4. The maximum Gasteiger partial charge on any atom is 0.271 e. The van der Waals surface area contributed by atoms with Crippen LogP contribution in [0.1, 0.15) is 27.2 Å². The van der Waals surface area contributed by atoms with Crippen LogP contribution in [-0.2, 0) is 16.6 Å². The lowest BCUT2D eigenvalue weighted by atomic mass is 10.1. The monoisotopic (exact) mass is 401 g/mol. The molecule has 0 aliphatic heterocycles. The van der Waals surface area contributed by atoms with E-state index in [0.29, 0.717) is 6.54 Å². The van der Waals surface area contributed by atoms with Gasteiger partial charge in [0.2, 0.25) is 0 Å². The van der Waals surface area contributed by atoms with E-state index in [0.717, 1.165) is 28.0 Å². The Kier molecular flexibility index (Phi) is 5.57. The Hall–Kier alpha value is -2.71. The smallest absolute Gasteiger partial charge is 0.271 e. The molecule has 2 N–H and O–H groups in total. The van der Waals surface area contributed by atoms with Gasteiger partial charge in [-0.1, -0.05) is 47.5 Å². The Morgan fingerprint density at radius 2 is 1.59 bits per heavy atom. The number of anilines is 1. The molecule has 0 saturated carbocycles. The number of amides is 1. The second-order valence-electron chi connectivity index (χ2n) is 6.12. The van der Waals surface area contributed by atoms with Crippen LogP contribution >= 0.6 is 11.3 Å². The van der Waals surface area contributed by atoms with Gasteiger partial charge >= 0.3 is 0 Å². The Bertz CT molecular complexity index is 1040. The number of carbonyl (C=O) groups excluding carboxylic acids is 1. The van der Waals surface area contributed by atoms with E-state index in [9.17, 15) is 13.2 Å². The molecule has 3 rings (SSSR count). The van der Waals surface area contributed by atoms with Crippen molar-refractivity contribution < 1.29 is 13.2 Å². The highest BCUT2D eigenvalue weighted by Crippen LogP contribution is 2.20. The standard InChI is InChI=1S/C19H19N3O3S2/c1-13-3-7-15(8-4-13)11-20-18(23)17-12-26-19(21-17)22-27(24,25)16-9-5-14(2)6-10-16/h3-10,12H,11H2,1-2H3,(H,20,23)(H,21,22). The number of nitrogens with one attached hydrogen (secondary N) is 2. The van der Waals surface area contributed by atoms with Crippen molar-refractivity contribution in [1.29, 1.82) is 0 Å². The van der Waals surface area contributed by atoms with Gasteiger partial charge < -0.3 is 5.32 Å². The van der Waals surface area contributed by atoms with Gasteiger partial charge in [-0.3, -0.25) is 9.52 Å². The molecule has 2 aromatic carbocycles. The number of rotatable bonds is 6. The van der Waals surface area contributed by atoms with Gasteiger partial charge in [-0.2, -0.15) is 0 Å². The van der Waals surface area contributed by atoms with Crippen LogP contribution in [0, 0.1) is 13.8 Å². The lowest BCUT2D eigenvalue weighted by molar-refractivity contribution is 0.0946. The highest BCUT2D eigenvalue weighted by atomic mass is 32.2. The molecule has 0 atom stereocenters. The number of hydrogen-bond acceptors (Lipinski definition) is 5. The average molecular weight is 402 g/mol. The Balaban J connectivity index is 1.64. The van der Waals surface area contributed by atoms with Crippen molar-refractivity contribution >= 4 is 32.4 Å². The normalized spacial score (nSPS) is 11.2. The molecule has 0 aliphatic rings. The minimum absolute atomic E-state index is 0.147. The fourth-order valence-electron chi connectivity index (χ4n) is 2.30. The molecular weight excluding hydrogens is 382 g/mol. The van der Waals surface area contributed by atoms with Crippen LogP contribution in [0.4, 0.5) is 5.13 Å². The van der Waals surface area contributed by atoms with Crippen LogP contribution in [0.15, 0.2) is 58.8 Å². The van der Waals surface area contributed by atoms with Crippen LogP contribution in [0.5, 0.6) is 0 Å². The molecule has 6 nitrogen and oxygen atoms in total. The molecule has 0 bridgehead atoms. The summed E-state index contributed by atoms with van der Waals surface area (Å²) in [5, 5.41) is 4.45. The van der Waals surface area contributed by atoms with Crippen LogP contribution < -0.4 is 10.0 Å². The number of benzene rings is 2. The molecule has 1 aromatic heterocycles. The summed E-state index contributed by atoms with van der Waals surface area (Å²) >= 11 is 1.06. The summed E-state index contributed by atoms with van der Waals surface area (Å²) < 4.78 is 27.2. The van der Waals surface area contributed by atoms with Gasteiger partial charge in [0.25, 0.3) is 15.9 Å². The number of aromatic nitrogens is 1. The summed E-state index contributed by atoms with van der Waals surface area (Å²) in [6.45, 7) is 4.25. The molecule has 0 aliphatic carbocycles. The van der Waals surface area contributed by atoms with E-state index < -0.39 is 10.0 Å². The third kappa shape index (κ3) is 4.93. The highest BCUT2D eigenvalue weighted by Gasteiger charge is 2.17.